The van der Waals surface area contributed by atoms with Crippen molar-refractivity contribution in [1.29, 1.82) is 0 Å². The van der Waals surface area contributed by atoms with Crippen LogP contribution in [0.15, 0.2) is 28.8 Å². The van der Waals surface area contributed by atoms with Gasteiger partial charge in [0, 0.05) is 13.1 Å². The summed E-state index contributed by atoms with van der Waals surface area (Å²) in [6, 6.07) is 7.27. The predicted octanol–water partition coefficient (Wildman–Crippen LogP) is 3.19. The van der Waals surface area contributed by atoms with Gasteiger partial charge in [0.2, 0.25) is 0 Å². The Morgan fingerprint density at radius 2 is 1.96 bits per heavy atom. The number of carbonyl (C=O) groups is 1. The number of nitrogens with zero attached hydrogens (tertiary/aromatic N) is 2. The highest BCUT2D eigenvalue weighted by Gasteiger charge is 2.21. The molecule has 0 aliphatic carbocycles. The molecule has 0 unspecified atom stereocenters. The number of rotatable bonds is 8. The monoisotopic (exact) mass is 359 g/mol. The maximum atomic E-state index is 12.7. The molecular weight excluding hydrogens is 330 g/mol. The van der Waals surface area contributed by atoms with Crippen molar-refractivity contribution in [2.75, 3.05) is 27.2 Å². The normalized spacial score (nSPS) is 11.7. The molecule has 142 valence electrons. The van der Waals surface area contributed by atoms with Gasteiger partial charge in [-0.05, 0) is 45.5 Å². The molecular formula is C20H29N3O3. The fourth-order valence-corrected chi connectivity index (χ4v) is 2.96. The van der Waals surface area contributed by atoms with E-state index in [1.165, 1.54) is 0 Å². The maximum absolute atomic E-state index is 12.7. The van der Waals surface area contributed by atoms with Gasteiger partial charge in [-0.1, -0.05) is 31.1 Å². The van der Waals surface area contributed by atoms with Gasteiger partial charge in [-0.3, -0.25) is 4.79 Å². The summed E-state index contributed by atoms with van der Waals surface area (Å²) in [6.45, 7) is 9.78. The minimum absolute atomic E-state index is 0.0222. The Hall–Kier alpha value is -2.34. The van der Waals surface area contributed by atoms with Crippen molar-refractivity contribution in [2.45, 2.75) is 34.3 Å². The molecule has 0 bridgehead atoms. The van der Waals surface area contributed by atoms with E-state index in [0.717, 1.165) is 23.6 Å². The first-order valence-corrected chi connectivity index (χ1v) is 8.76. The SMILES string of the molecule is Cc1noc(C)c1COc1ccccc1C(=O)NCC(C)(C)CN(C)C. The van der Waals surface area contributed by atoms with Gasteiger partial charge in [-0.25, -0.2) is 0 Å². The van der Waals surface area contributed by atoms with Crippen LogP contribution in [0.1, 0.15) is 41.2 Å². The Bertz CT molecular complexity index is 731. The highest BCUT2D eigenvalue weighted by molar-refractivity contribution is 5.96. The highest BCUT2D eigenvalue weighted by Crippen LogP contribution is 2.22. The van der Waals surface area contributed by atoms with Crippen molar-refractivity contribution in [3.63, 3.8) is 0 Å². The Kier molecular flexibility index (Phi) is 6.42. The molecule has 1 N–H and O–H groups in total. The zero-order valence-electron chi connectivity index (χ0n) is 16.5. The fraction of sp³-hybridized carbons (Fsp3) is 0.500. The summed E-state index contributed by atoms with van der Waals surface area (Å²) in [4.78, 5) is 14.8. The molecule has 0 saturated heterocycles. The topological polar surface area (TPSA) is 67.6 Å². The molecule has 0 saturated carbocycles. The molecule has 0 radical (unpaired) electrons. The van der Waals surface area contributed by atoms with E-state index in [-0.39, 0.29) is 11.3 Å². The summed E-state index contributed by atoms with van der Waals surface area (Å²) in [5, 5.41) is 6.95. The number of hydrogen-bond donors (Lipinski definition) is 1. The third-order valence-corrected chi connectivity index (χ3v) is 4.16. The van der Waals surface area contributed by atoms with Crippen LogP contribution in [-0.4, -0.2) is 43.1 Å². The van der Waals surface area contributed by atoms with E-state index in [4.69, 9.17) is 9.26 Å². The molecule has 2 aromatic rings. The number of hydrogen-bond acceptors (Lipinski definition) is 5. The van der Waals surface area contributed by atoms with E-state index < -0.39 is 0 Å². The molecule has 1 aromatic heterocycles. The summed E-state index contributed by atoms with van der Waals surface area (Å²) in [5.41, 5.74) is 2.22. The molecule has 0 fully saturated rings. The van der Waals surface area contributed by atoms with Gasteiger partial charge in [0.05, 0.1) is 16.8 Å². The minimum atomic E-state index is -0.133. The standard InChI is InChI=1S/C20H29N3O3/c1-14-17(15(2)26-22-14)11-25-18-10-8-7-9-16(18)19(24)21-12-20(3,4)13-23(5)6/h7-10H,11-13H2,1-6H3,(H,21,24). The molecule has 0 spiro atoms. The van der Waals surface area contributed by atoms with Gasteiger partial charge >= 0.3 is 0 Å². The van der Waals surface area contributed by atoms with Crippen molar-refractivity contribution in [3.8, 4) is 5.75 Å². The Morgan fingerprint density at radius 3 is 2.58 bits per heavy atom. The van der Waals surface area contributed by atoms with Crippen molar-refractivity contribution in [3.05, 3.63) is 46.8 Å². The van der Waals surface area contributed by atoms with Crippen LogP contribution >= 0.6 is 0 Å². The van der Waals surface area contributed by atoms with E-state index in [1.807, 2.05) is 40.1 Å². The van der Waals surface area contributed by atoms with Crippen LogP contribution in [0.3, 0.4) is 0 Å². The van der Waals surface area contributed by atoms with Gasteiger partial charge < -0.3 is 19.5 Å². The molecule has 0 aliphatic heterocycles. The fourth-order valence-electron chi connectivity index (χ4n) is 2.96. The van der Waals surface area contributed by atoms with Crippen LogP contribution in [0, 0.1) is 19.3 Å². The minimum Gasteiger partial charge on any atom is -0.488 e. The molecule has 6 heteroatoms. The van der Waals surface area contributed by atoms with Crippen LogP contribution < -0.4 is 10.1 Å². The zero-order chi connectivity index (χ0) is 19.3. The number of benzene rings is 1. The largest absolute Gasteiger partial charge is 0.488 e. The molecule has 1 aromatic carbocycles. The van der Waals surface area contributed by atoms with Gasteiger partial charge in [-0.15, -0.1) is 0 Å². The zero-order valence-corrected chi connectivity index (χ0v) is 16.5. The summed E-state index contributed by atoms with van der Waals surface area (Å²) >= 11 is 0. The maximum Gasteiger partial charge on any atom is 0.255 e. The highest BCUT2D eigenvalue weighted by atomic mass is 16.5. The Labute approximate surface area is 155 Å². The van der Waals surface area contributed by atoms with Crippen LogP contribution in [0.4, 0.5) is 0 Å². The molecule has 1 amide bonds. The smallest absolute Gasteiger partial charge is 0.255 e. The van der Waals surface area contributed by atoms with E-state index in [2.05, 4.69) is 29.2 Å². The van der Waals surface area contributed by atoms with Crippen molar-refractivity contribution < 1.29 is 14.1 Å². The average Bonchev–Trinajstić information content (AvgIpc) is 2.88. The molecule has 1 heterocycles. The van der Waals surface area contributed by atoms with Crippen LogP contribution in [0.25, 0.3) is 0 Å². The first kappa shape index (κ1) is 20.0. The van der Waals surface area contributed by atoms with Crippen molar-refractivity contribution in [2.24, 2.45) is 5.41 Å². The first-order chi connectivity index (χ1) is 12.2. The number of para-hydroxylation sites is 1. The third kappa shape index (κ3) is 5.33. The Morgan fingerprint density at radius 1 is 1.27 bits per heavy atom. The van der Waals surface area contributed by atoms with Gasteiger partial charge in [-0.2, -0.15) is 0 Å². The lowest BCUT2D eigenvalue weighted by Crippen LogP contribution is -2.40. The van der Waals surface area contributed by atoms with Crippen LogP contribution in [0.2, 0.25) is 0 Å². The number of aromatic nitrogens is 1. The summed E-state index contributed by atoms with van der Waals surface area (Å²) in [7, 11) is 4.06. The average molecular weight is 359 g/mol. The van der Waals surface area contributed by atoms with E-state index in [0.29, 0.717) is 24.5 Å². The summed E-state index contributed by atoms with van der Waals surface area (Å²) < 4.78 is 11.0. The second-order valence-electron chi connectivity index (χ2n) is 7.67. The van der Waals surface area contributed by atoms with Crippen LogP contribution in [-0.2, 0) is 6.61 Å². The van der Waals surface area contributed by atoms with E-state index in [1.54, 1.807) is 12.1 Å². The molecule has 2 rings (SSSR count). The van der Waals surface area contributed by atoms with Gasteiger partial charge in [0.25, 0.3) is 5.91 Å². The number of aryl methyl sites for hydroxylation is 2. The number of ether oxygens (including phenoxy) is 1. The lowest BCUT2D eigenvalue weighted by molar-refractivity contribution is 0.0924. The van der Waals surface area contributed by atoms with Crippen molar-refractivity contribution >= 4 is 5.91 Å². The van der Waals surface area contributed by atoms with Crippen LogP contribution in [0.5, 0.6) is 5.75 Å². The first-order valence-electron chi connectivity index (χ1n) is 8.76. The van der Waals surface area contributed by atoms with Crippen molar-refractivity contribution in [1.82, 2.24) is 15.4 Å². The molecule has 6 nitrogen and oxygen atoms in total. The number of carbonyl (C=O) groups excluding carboxylic acids is 1. The lowest BCUT2D eigenvalue weighted by Gasteiger charge is -2.28. The molecule has 0 aliphatic rings. The number of nitrogens with one attached hydrogen (secondary N) is 1. The second-order valence-corrected chi connectivity index (χ2v) is 7.67. The van der Waals surface area contributed by atoms with E-state index in [9.17, 15) is 4.79 Å². The predicted molar refractivity (Wildman–Crippen MR) is 101 cm³/mol. The lowest BCUT2D eigenvalue weighted by atomic mass is 9.93. The Balaban J connectivity index is 2.04. The number of amides is 1. The molecule has 26 heavy (non-hydrogen) atoms. The molecule has 0 atom stereocenters. The van der Waals surface area contributed by atoms with E-state index >= 15 is 0 Å². The third-order valence-electron chi connectivity index (χ3n) is 4.16. The summed E-state index contributed by atoms with van der Waals surface area (Å²) in [6.07, 6.45) is 0. The van der Waals surface area contributed by atoms with Gasteiger partial charge in [0.15, 0.2) is 0 Å². The quantitative estimate of drug-likeness (QED) is 0.784. The summed E-state index contributed by atoms with van der Waals surface area (Å²) in [5.74, 6) is 1.15. The second kappa shape index (κ2) is 8.36. The van der Waals surface area contributed by atoms with Gasteiger partial charge in [0.1, 0.15) is 18.1 Å².